The van der Waals surface area contributed by atoms with Crippen molar-refractivity contribution in [2.75, 3.05) is 5.43 Å². The van der Waals surface area contributed by atoms with E-state index in [4.69, 9.17) is 5.84 Å². The molecule has 4 nitrogen and oxygen atoms in total. The maximum Gasteiger partial charge on any atom is 0.253 e. The molecule has 0 aliphatic heterocycles. The number of hydrogen-bond acceptors (Lipinski definition) is 3. The van der Waals surface area contributed by atoms with Gasteiger partial charge in [-0.1, -0.05) is 30.9 Å². The molecule has 1 saturated carbocycles. The lowest BCUT2D eigenvalue weighted by molar-refractivity contribution is 0.0920. The average molecular weight is 275 g/mol. The summed E-state index contributed by atoms with van der Waals surface area (Å²) in [7, 11) is 0. The van der Waals surface area contributed by atoms with E-state index in [1.165, 1.54) is 32.1 Å². The molecule has 0 spiro atoms. The van der Waals surface area contributed by atoms with E-state index in [0.717, 1.165) is 5.56 Å². The first-order valence-corrected chi connectivity index (χ1v) is 7.50. The number of nitrogens with two attached hydrogens (primary N) is 1. The quantitative estimate of drug-likeness (QED) is 0.584. The summed E-state index contributed by atoms with van der Waals surface area (Å²) in [4.78, 5) is 12.4. The molecule has 0 heterocycles. The van der Waals surface area contributed by atoms with Gasteiger partial charge in [0.25, 0.3) is 5.91 Å². The van der Waals surface area contributed by atoms with Gasteiger partial charge in [0, 0.05) is 6.04 Å². The van der Waals surface area contributed by atoms with E-state index in [-0.39, 0.29) is 11.9 Å². The van der Waals surface area contributed by atoms with Gasteiger partial charge in [0.1, 0.15) is 0 Å². The molecule has 2 rings (SSSR count). The van der Waals surface area contributed by atoms with Crippen LogP contribution in [0.15, 0.2) is 18.2 Å². The zero-order chi connectivity index (χ0) is 14.5. The molecule has 1 aliphatic carbocycles. The van der Waals surface area contributed by atoms with Gasteiger partial charge in [0.2, 0.25) is 0 Å². The largest absolute Gasteiger partial charge is 0.349 e. The van der Waals surface area contributed by atoms with E-state index in [9.17, 15) is 4.79 Å². The van der Waals surface area contributed by atoms with Crippen LogP contribution in [0.1, 0.15) is 54.9 Å². The number of nitrogen functional groups attached to an aromatic ring is 1. The number of anilines is 1. The lowest BCUT2D eigenvalue weighted by Crippen LogP contribution is -2.39. The van der Waals surface area contributed by atoms with Crippen LogP contribution in [0.25, 0.3) is 0 Å². The number of benzene rings is 1. The standard InChI is InChI=1S/C16H25N3O/c1-11-8-9-15(19-17)14(10-11)16(20)18-12(2)13-6-4-3-5-7-13/h8-10,12-13,19H,3-7,17H2,1-2H3,(H,18,20). The molecule has 1 fully saturated rings. The number of carbonyl (C=O) groups excluding carboxylic acids is 1. The van der Waals surface area contributed by atoms with Gasteiger partial charge in [0.05, 0.1) is 11.3 Å². The average Bonchev–Trinajstić information content (AvgIpc) is 2.48. The summed E-state index contributed by atoms with van der Waals surface area (Å²) in [5, 5.41) is 3.13. The molecule has 1 aromatic carbocycles. The monoisotopic (exact) mass is 275 g/mol. The van der Waals surface area contributed by atoms with Gasteiger partial charge in [-0.25, -0.2) is 0 Å². The molecule has 4 heteroatoms. The number of aryl methyl sites for hydroxylation is 1. The Labute approximate surface area is 121 Å². The fraction of sp³-hybridized carbons (Fsp3) is 0.562. The molecule has 0 radical (unpaired) electrons. The Balaban J connectivity index is 2.05. The molecule has 1 unspecified atom stereocenters. The molecule has 4 N–H and O–H groups in total. The molecule has 0 saturated heterocycles. The Morgan fingerprint density at radius 3 is 2.65 bits per heavy atom. The highest BCUT2D eigenvalue weighted by Gasteiger charge is 2.22. The van der Waals surface area contributed by atoms with E-state index in [0.29, 0.717) is 17.2 Å². The van der Waals surface area contributed by atoms with E-state index in [1.54, 1.807) is 0 Å². The molecule has 1 aromatic rings. The van der Waals surface area contributed by atoms with Crippen molar-refractivity contribution in [3.8, 4) is 0 Å². The van der Waals surface area contributed by atoms with E-state index >= 15 is 0 Å². The van der Waals surface area contributed by atoms with Crippen molar-refractivity contribution in [1.29, 1.82) is 0 Å². The van der Waals surface area contributed by atoms with E-state index in [1.807, 2.05) is 25.1 Å². The molecule has 0 aromatic heterocycles. The summed E-state index contributed by atoms with van der Waals surface area (Å²) < 4.78 is 0. The van der Waals surface area contributed by atoms with Gasteiger partial charge in [-0.3, -0.25) is 10.6 Å². The fourth-order valence-electron chi connectivity index (χ4n) is 3.01. The van der Waals surface area contributed by atoms with Gasteiger partial charge >= 0.3 is 0 Å². The Bertz CT molecular complexity index is 467. The van der Waals surface area contributed by atoms with Crippen LogP contribution in [0, 0.1) is 12.8 Å². The van der Waals surface area contributed by atoms with Crippen LogP contribution in [-0.4, -0.2) is 11.9 Å². The second-order valence-electron chi connectivity index (χ2n) is 5.85. The number of carbonyl (C=O) groups is 1. The summed E-state index contributed by atoms with van der Waals surface area (Å²) in [5.74, 6) is 6.04. The number of nitrogens with one attached hydrogen (secondary N) is 2. The smallest absolute Gasteiger partial charge is 0.253 e. The molecular weight excluding hydrogens is 250 g/mol. The van der Waals surface area contributed by atoms with E-state index < -0.39 is 0 Å². The Hall–Kier alpha value is -1.55. The van der Waals surface area contributed by atoms with Crippen LogP contribution in [0.4, 0.5) is 5.69 Å². The van der Waals surface area contributed by atoms with Crippen LogP contribution in [-0.2, 0) is 0 Å². The van der Waals surface area contributed by atoms with Crippen molar-refractivity contribution >= 4 is 11.6 Å². The molecule has 1 aliphatic rings. The zero-order valence-corrected chi connectivity index (χ0v) is 12.4. The van der Waals surface area contributed by atoms with Crippen LogP contribution in [0.3, 0.4) is 0 Å². The lowest BCUT2D eigenvalue weighted by Gasteiger charge is -2.28. The minimum absolute atomic E-state index is 0.0419. The molecule has 20 heavy (non-hydrogen) atoms. The van der Waals surface area contributed by atoms with Crippen molar-refractivity contribution < 1.29 is 4.79 Å². The maximum atomic E-state index is 12.4. The van der Waals surface area contributed by atoms with Crippen LogP contribution in [0.2, 0.25) is 0 Å². The highest BCUT2D eigenvalue weighted by Crippen LogP contribution is 2.26. The zero-order valence-electron chi connectivity index (χ0n) is 12.4. The minimum Gasteiger partial charge on any atom is -0.349 e. The Morgan fingerprint density at radius 1 is 1.30 bits per heavy atom. The lowest BCUT2D eigenvalue weighted by atomic mass is 9.84. The summed E-state index contributed by atoms with van der Waals surface area (Å²) in [5.41, 5.74) is 4.94. The third-order valence-corrected chi connectivity index (χ3v) is 4.29. The number of rotatable bonds is 4. The highest BCUT2D eigenvalue weighted by atomic mass is 16.1. The van der Waals surface area contributed by atoms with E-state index in [2.05, 4.69) is 17.7 Å². The van der Waals surface area contributed by atoms with Gasteiger partial charge in [-0.15, -0.1) is 0 Å². The maximum absolute atomic E-state index is 12.4. The summed E-state index contributed by atoms with van der Waals surface area (Å²) in [6, 6.07) is 5.87. The molecule has 1 amide bonds. The minimum atomic E-state index is -0.0419. The summed E-state index contributed by atoms with van der Waals surface area (Å²) in [6.45, 7) is 4.08. The normalized spacial score (nSPS) is 17.6. The summed E-state index contributed by atoms with van der Waals surface area (Å²) >= 11 is 0. The fourth-order valence-corrected chi connectivity index (χ4v) is 3.01. The first-order chi connectivity index (χ1) is 9.61. The SMILES string of the molecule is Cc1ccc(NN)c(C(=O)NC(C)C2CCCCC2)c1. The van der Waals surface area contributed by atoms with Gasteiger partial charge < -0.3 is 10.7 Å². The molecule has 110 valence electrons. The predicted molar refractivity (Wildman–Crippen MR) is 82.5 cm³/mol. The van der Waals surface area contributed by atoms with Gasteiger partial charge in [-0.2, -0.15) is 0 Å². The van der Waals surface area contributed by atoms with Crippen molar-refractivity contribution in [2.45, 2.75) is 52.0 Å². The molecule has 0 bridgehead atoms. The van der Waals surface area contributed by atoms with Crippen molar-refractivity contribution in [3.63, 3.8) is 0 Å². The van der Waals surface area contributed by atoms with Crippen molar-refractivity contribution in [2.24, 2.45) is 11.8 Å². The molecule has 1 atom stereocenters. The highest BCUT2D eigenvalue weighted by molar-refractivity contribution is 5.99. The van der Waals surface area contributed by atoms with Crippen LogP contribution >= 0.6 is 0 Å². The van der Waals surface area contributed by atoms with Crippen molar-refractivity contribution in [1.82, 2.24) is 5.32 Å². The molecular formula is C16H25N3O. The number of hydrazine groups is 1. The Morgan fingerprint density at radius 2 is 2.00 bits per heavy atom. The van der Waals surface area contributed by atoms with Gasteiger partial charge in [-0.05, 0) is 44.7 Å². The van der Waals surface area contributed by atoms with Crippen molar-refractivity contribution in [3.05, 3.63) is 29.3 Å². The Kier molecular flexibility index (Phi) is 5.01. The number of hydrogen-bond donors (Lipinski definition) is 3. The first-order valence-electron chi connectivity index (χ1n) is 7.50. The summed E-state index contributed by atoms with van der Waals surface area (Å²) in [6.07, 6.45) is 6.33. The number of amides is 1. The third-order valence-electron chi connectivity index (χ3n) is 4.29. The topological polar surface area (TPSA) is 67.1 Å². The van der Waals surface area contributed by atoms with Crippen LogP contribution < -0.4 is 16.6 Å². The second-order valence-corrected chi connectivity index (χ2v) is 5.85. The predicted octanol–water partition coefficient (Wildman–Crippen LogP) is 2.98. The first kappa shape index (κ1) is 14.9. The second kappa shape index (κ2) is 6.75. The third kappa shape index (κ3) is 3.51. The van der Waals surface area contributed by atoms with Crippen LogP contribution in [0.5, 0.6) is 0 Å². The van der Waals surface area contributed by atoms with Gasteiger partial charge in [0.15, 0.2) is 0 Å².